The molecule has 0 saturated heterocycles. The first kappa shape index (κ1) is 22.2. The number of halogens is 2. The molecule has 1 aliphatic heterocycles. The summed E-state index contributed by atoms with van der Waals surface area (Å²) in [4.78, 5) is 38.8. The standard InChI is InChI=1S/C25H19ClFN3O3/c1-14-10-11-18(12-15(14)2)29-23(31)16-6-5-7-17(13-16)28-22-21(26)24(32)30(25(22)33)20-9-4-3-8-19(20)27/h3-13,28H,1-2H3,(H,29,31). The Bertz CT molecular complexity index is 1340. The van der Waals surface area contributed by atoms with Gasteiger partial charge in [0.2, 0.25) is 0 Å². The third kappa shape index (κ3) is 4.36. The van der Waals surface area contributed by atoms with Crippen LogP contribution >= 0.6 is 11.6 Å². The minimum Gasteiger partial charge on any atom is -0.350 e. The van der Waals surface area contributed by atoms with Crippen molar-refractivity contribution in [3.8, 4) is 0 Å². The Kier molecular flexibility index (Phi) is 5.98. The average molecular weight is 464 g/mol. The van der Waals surface area contributed by atoms with Crippen LogP contribution in [0.2, 0.25) is 0 Å². The van der Waals surface area contributed by atoms with Gasteiger partial charge in [0, 0.05) is 16.9 Å². The first-order valence-electron chi connectivity index (χ1n) is 10.0. The van der Waals surface area contributed by atoms with E-state index in [9.17, 15) is 18.8 Å². The van der Waals surface area contributed by atoms with Crippen LogP contribution in [0.1, 0.15) is 21.5 Å². The number of nitrogens with one attached hydrogen (secondary N) is 2. The molecule has 0 fully saturated rings. The lowest BCUT2D eigenvalue weighted by Gasteiger charge is -2.15. The van der Waals surface area contributed by atoms with Crippen molar-refractivity contribution in [1.29, 1.82) is 0 Å². The maximum atomic E-state index is 14.2. The molecule has 0 aliphatic carbocycles. The zero-order valence-electron chi connectivity index (χ0n) is 17.8. The molecule has 8 heteroatoms. The molecule has 166 valence electrons. The highest BCUT2D eigenvalue weighted by molar-refractivity contribution is 6.53. The number of nitrogens with zero attached hydrogens (tertiary/aromatic N) is 1. The van der Waals surface area contributed by atoms with E-state index >= 15 is 0 Å². The number of carbonyl (C=O) groups excluding carboxylic acids is 3. The Morgan fingerprint density at radius 2 is 1.64 bits per heavy atom. The molecular weight excluding hydrogens is 445 g/mol. The molecule has 6 nitrogen and oxygen atoms in total. The second-order valence-electron chi connectivity index (χ2n) is 7.55. The van der Waals surface area contributed by atoms with Gasteiger partial charge in [0.15, 0.2) is 0 Å². The molecule has 0 saturated carbocycles. The van der Waals surface area contributed by atoms with Gasteiger partial charge in [-0.2, -0.15) is 0 Å². The van der Waals surface area contributed by atoms with Crippen LogP contribution in [0, 0.1) is 19.7 Å². The monoisotopic (exact) mass is 463 g/mol. The Morgan fingerprint density at radius 3 is 2.36 bits per heavy atom. The van der Waals surface area contributed by atoms with Gasteiger partial charge in [-0.05, 0) is 67.4 Å². The van der Waals surface area contributed by atoms with E-state index in [1.54, 1.807) is 18.2 Å². The summed E-state index contributed by atoms with van der Waals surface area (Å²) in [6.07, 6.45) is 0. The zero-order chi connectivity index (χ0) is 23.7. The van der Waals surface area contributed by atoms with Crippen molar-refractivity contribution in [3.05, 3.63) is 100.0 Å². The third-order valence-electron chi connectivity index (χ3n) is 5.28. The van der Waals surface area contributed by atoms with Gasteiger partial charge in [-0.3, -0.25) is 14.4 Å². The second kappa shape index (κ2) is 8.88. The SMILES string of the molecule is Cc1ccc(NC(=O)c2cccc(NC3=C(Cl)C(=O)N(c4ccccc4F)C3=O)c2)cc1C. The molecule has 0 aromatic heterocycles. The molecule has 4 rings (SSSR count). The lowest BCUT2D eigenvalue weighted by Crippen LogP contribution is -2.33. The van der Waals surface area contributed by atoms with Crippen molar-refractivity contribution >= 4 is 46.4 Å². The van der Waals surface area contributed by atoms with Crippen LogP contribution in [0.15, 0.2) is 77.5 Å². The molecule has 1 aliphatic rings. The van der Waals surface area contributed by atoms with E-state index in [0.717, 1.165) is 17.2 Å². The van der Waals surface area contributed by atoms with Crippen molar-refractivity contribution in [3.63, 3.8) is 0 Å². The summed E-state index contributed by atoms with van der Waals surface area (Å²) in [5, 5.41) is 5.26. The number of hydrogen-bond acceptors (Lipinski definition) is 4. The Morgan fingerprint density at radius 1 is 0.879 bits per heavy atom. The number of anilines is 3. The quantitative estimate of drug-likeness (QED) is 0.514. The van der Waals surface area contributed by atoms with E-state index in [2.05, 4.69) is 10.6 Å². The molecule has 0 radical (unpaired) electrons. The van der Waals surface area contributed by atoms with Crippen LogP contribution in [0.4, 0.5) is 21.5 Å². The lowest BCUT2D eigenvalue weighted by molar-refractivity contribution is -0.120. The second-order valence-corrected chi connectivity index (χ2v) is 7.92. The summed E-state index contributed by atoms with van der Waals surface area (Å²) in [5.74, 6) is -2.70. The highest BCUT2D eigenvalue weighted by atomic mass is 35.5. The van der Waals surface area contributed by atoms with Crippen molar-refractivity contribution in [2.45, 2.75) is 13.8 Å². The topological polar surface area (TPSA) is 78.5 Å². The Labute approximate surface area is 194 Å². The van der Waals surface area contributed by atoms with Crippen LogP contribution in [-0.2, 0) is 9.59 Å². The van der Waals surface area contributed by atoms with Crippen LogP contribution in [0.5, 0.6) is 0 Å². The van der Waals surface area contributed by atoms with Gasteiger partial charge in [0.1, 0.15) is 16.5 Å². The van der Waals surface area contributed by atoms with Crippen LogP contribution in [0.3, 0.4) is 0 Å². The molecule has 3 amide bonds. The van der Waals surface area contributed by atoms with Crippen molar-refractivity contribution in [1.82, 2.24) is 0 Å². The predicted octanol–water partition coefficient (Wildman–Crippen LogP) is 5.13. The Balaban J connectivity index is 1.55. The summed E-state index contributed by atoms with van der Waals surface area (Å²) in [5.41, 5.74) is 3.13. The van der Waals surface area contributed by atoms with Crippen molar-refractivity contribution in [2.75, 3.05) is 15.5 Å². The predicted molar refractivity (Wildman–Crippen MR) is 126 cm³/mol. The summed E-state index contributed by atoms with van der Waals surface area (Å²) in [6, 6.07) is 17.4. The normalized spacial score (nSPS) is 13.5. The molecule has 0 spiro atoms. The molecule has 33 heavy (non-hydrogen) atoms. The largest absolute Gasteiger partial charge is 0.350 e. The molecule has 2 N–H and O–H groups in total. The average Bonchev–Trinajstić information content (AvgIpc) is 3.00. The number of amides is 3. The van der Waals surface area contributed by atoms with E-state index in [-0.39, 0.29) is 22.3 Å². The van der Waals surface area contributed by atoms with E-state index in [0.29, 0.717) is 21.8 Å². The zero-order valence-corrected chi connectivity index (χ0v) is 18.5. The number of aryl methyl sites for hydroxylation is 2. The van der Waals surface area contributed by atoms with Gasteiger partial charge in [-0.15, -0.1) is 0 Å². The maximum Gasteiger partial charge on any atom is 0.283 e. The highest BCUT2D eigenvalue weighted by Gasteiger charge is 2.40. The highest BCUT2D eigenvalue weighted by Crippen LogP contribution is 2.31. The molecule has 0 atom stereocenters. The molecule has 0 unspecified atom stereocenters. The van der Waals surface area contributed by atoms with Crippen LogP contribution in [-0.4, -0.2) is 17.7 Å². The van der Waals surface area contributed by atoms with E-state index in [4.69, 9.17) is 11.6 Å². The summed E-state index contributed by atoms with van der Waals surface area (Å²) in [6.45, 7) is 3.94. The minimum absolute atomic E-state index is 0.191. The molecule has 1 heterocycles. The van der Waals surface area contributed by atoms with Gasteiger partial charge >= 0.3 is 0 Å². The van der Waals surface area contributed by atoms with Crippen LogP contribution < -0.4 is 15.5 Å². The van der Waals surface area contributed by atoms with Gasteiger partial charge in [0.05, 0.1) is 5.69 Å². The molecular formula is C25H19ClFN3O3. The number of imide groups is 1. The fourth-order valence-electron chi connectivity index (χ4n) is 3.37. The van der Waals surface area contributed by atoms with Gasteiger partial charge in [-0.1, -0.05) is 35.9 Å². The summed E-state index contributed by atoms with van der Waals surface area (Å²) >= 11 is 6.11. The summed E-state index contributed by atoms with van der Waals surface area (Å²) in [7, 11) is 0. The molecule has 3 aromatic carbocycles. The number of para-hydroxylation sites is 1. The van der Waals surface area contributed by atoms with E-state index in [1.807, 2.05) is 32.0 Å². The van der Waals surface area contributed by atoms with Crippen LogP contribution in [0.25, 0.3) is 0 Å². The van der Waals surface area contributed by atoms with Gasteiger partial charge in [0.25, 0.3) is 17.7 Å². The number of rotatable bonds is 5. The molecule has 0 bridgehead atoms. The first-order valence-corrected chi connectivity index (χ1v) is 10.4. The fraction of sp³-hybridized carbons (Fsp3) is 0.0800. The fourth-order valence-corrected chi connectivity index (χ4v) is 3.58. The molecule has 3 aromatic rings. The number of hydrogen-bond donors (Lipinski definition) is 2. The van der Waals surface area contributed by atoms with Crippen molar-refractivity contribution < 1.29 is 18.8 Å². The first-order chi connectivity index (χ1) is 15.8. The smallest absolute Gasteiger partial charge is 0.283 e. The third-order valence-corrected chi connectivity index (χ3v) is 5.63. The minimum atomic E-state index is -0.835. The number of benzene rings is 3. The van der Waals surface area contributed by atoms with E-state index in [1.165, 1.54) is 24.3 Å². The van der Waals surface area contributed by atoms with Crippen molar-refractivity contribution in [2.24, 2.45) is 0 Å². The van der Waals surface area contributed by atoms with E-state index < -0.39 is 17.6 Å². The maximum absolute atomic E-state index is 14.2. The number of carbonyl (C=O) groups is 3. The van der Waals surface area contributed by atoms with Gasteiger partial charge < -0.3 is 10.6 Å². The Hall–Kier alpha value is -3.97. The van der Waals surface area contributed by atoms with Gasteiger partial charge in [-0.25, -0.2) is 9.29 Å². The summed E-state index contributed by atoms with van der Waals surface area (Å²) < 4.78 is 14.2. The lowest BCUT2D eigenvalue weighted by atomic mass is 10.1.